The van der Waals surface area contributed by atoms with Crippen molar-refractivity contribution in [1.82, 2.24) is 26.6 Å². The standard InChI is InChI=1S/C41H53N5O9/c1-25(2)36(43-27(4)48)41(55)46-33(23-29-16-10-6-11-17-29)38(52)37(51)32(22-28-14-8-5-9-15-28)45-39(53)31(20-21-35(49)50)44-40(54)34(42-26(3)47)24-30-18-12-7-13-19-30/h5-19,25,31-34,36-38,51-52H,20-24H2,1-4H3,(H,42,47)(H,43,48)(H,44,54)(H,45,53)(H,46,55)(H,49,50)/t31-,32-,33-,34-,36-,37-,38-/m0/s1. The van der Waals surface area contributed by atoms with Gasteiger partial charge in [-0.2, -0.15) is 0 Å². The topological polar surface area (TPSA) is 223 Å². The van der Waals surface area contributed by atoms with Gasteiger partial charge >= 0.3 is 5.97 Å². The molecule has 0 aliphatic rings. The molecule has 0 spiro atoms. The van der Waals surface area contributed by atoms with Gasteiger partial charge in [0.05, 0.1) is 12.1 Å². The van der Waals surface area contributed by atoms with Gasteiger partial charge in [0, 0.05) is 26.7 Å². The summed E-state index contributed by atoms with van der Waals surface area (Å²) in [7, 11) is 0. The summed E-state index contributed by atoms with van der Waals surface area (Å²) in [5.74, 6) is -4.59. The van der Waals surface area contributed by atoms with Crippen LogP contribution in [0.2, 0.25) is 0 Å². The summed E-state index contributed by atoms with van der Waals surface area (Å²) in [5, 5.41) is 46.5. The average Bonchev–Trinajstić information content (AvgIpc) is 3.14. The van der Waals surface area contributed by atoms with E-state index >= 15 is 0 Å². The van der Waals surface area contributed by atoms with Gasteiger partial charge in [0.25, 0.3) is 0 Å². The minimum Gasteiger partial charge on any atom is -0.481 e. The van der Waals surface area contributed by atoms with Crippen LogP contribution in [0.3, 0.4) is 0 Å². The first kappa shape index (κ1) is 43.8. The van der Waals surface area contributed by atoms with Crippen LogP contribution in [0.4, 0.5) is 0 Å². The fraction of sp³-hybridized carbons (Fsp3) is 0.415. The monoisotopic (exact) mass is 759 g/mol. The van der Waals surface area contributed by atoms with Crippen molar-refractivity contribution in [3.05, 3.63) is 108 Å². The van der Waals surface area contributed by atoms with Crippen LogP contribution in [0.25, 0.3) is 0 Å². The lowest BCUT2D eigenvalue weighted by atomic mass is 9.90. The summed E-state index contributed by atoms with van der Waals surface area (Å²) >= 11 is 0. The van der Waals surface area contributed by atoms with Gasteiger partial charge in [0.15, 0.2) is 0 Å². The van der Waals surface area contributed by atoms with E-state index in [1.807, 2.05) is 0 Å². The van der Waals surface area contributed by atoms with Crippen LogP contribution in [0.1, 0.15) is 57.2 Å². The second kappa shape index (κ2) is 21.9. The molecule has 0 aliphatic carbocycles. The molecule has 3 aromatic carbocycles. The molecule has 3 rings (SSSR count). The van der Waals surface area contributed by atoms with E-state index in [0.29, 0.717) is 5.56 Å². The van der Waals surface area contributed by atoms with Gasteiger partial charge in [-0.1, -0.05) is 105 Å². The van der Waals surface area contributed by atoms with Crippen molar-refractivity contribution in [2.24, 2.45) is 5.92 Å². The third-order valence-corrected chi connectivity index (χ3v) is 8.99. The summed E-state index contributed by atoms with van der Waals surface area (Å²) in [5.41, 5.74) is 2.13. The summed E-state index contributed by atoms with van der Waals surface area (Å²) < 4.78 is 0. The van der Waals surface area contributed by atoms with Crippen molar-refractivity contribution in [2.45, 2.75) is 102 Å². The van der Waals surface area contributed by atoms with E-state index in [0.717, 1.165) is 11.1 Å². The fourth-order valence-electron chi connectivity index (χ4n) is 6.15. The molecule has 3 aromatic rings. The quantitative estimate of drug-likeness (QED) is 0.0786. The van der Waals surface area contributed by atoms with Crippen molar-refractivity contribution in [2.75, 3.05) is 0 Å². The zero-order valence-corrected chi connectivity index (χ0v) is 31.6. The van der Waals surface area contributed by atoms with E-state index in [4.69, 9.17) is 0 Å². The molecule has 0 aliphatic heterocycles. The maximum atomic E-state index is 14.0. The first-order chi connectivity index (χ1) is 26.1. The number of amides is 5. The lowest BCUT2D eigenvalue weighted by Gasteiger charge is -2.35. The minimum atomic E-state index is -1.71. The van der Waals surface area contributed by atoms with Gasteiger partial charge in [-0.15, -0.1) is 0 Å². The number of nitrogens with one attached hydrogen (secondary N) is 5. The molecule has 0 aromatic heterocycles. The zero-order valence-electron chi connectivity index (χ0n) is 31.6. The number of hydrogen-bond donors (Lipinski definition) is 8. The van der Waals surface area contributed by atoms with Crippen molar-refractivity contribution in [3.8, 4) is 0 Å². The lowest BCUT2D eigenvalue weighted by molar-refractivity contribution is -0.138. The number of aliphatic hydroxyl groups excluding tert-OH is 2. The largest absolute Gasteiger partial charge is 0.481 e. The maximum Gasteiger partial charge on any atom is 0.303 e. The highest BCUT2D eigenvalue weighted by Gasteiger charge is 2.37. The third kappa shape index (κ3) is 15.0. The van der Waals surface area contributed by atoms with E-state index in [1.54, 1.807) is 105 Å². The molecule has 0 saturated heterocycles. The van der Waals surface area contributed by atoms with E-state index in [1.165, 1.54) is 13.8 Å². The SMILES string of the molecule is CC(=O)N[C@@H](Cc1ccccc1)C(=O)N[C@@H](CCC(=O)O)C(=O)N[C@@H](Cc1ccccc1)[C@H](O)[C@@H](O)[C@H](Cc1ccccc1)NC(=O)[C@@H](NC(C)=O)C(C)C. The number of aliphatic carboxylic acids is 1. The number of hydrogen-bond acceptors (Lipinski definition) is 8. The van der Waals surface area contributed by atoms with Crippen molar-refractivity contribution in [3.63, 3.8) is 0 Å². The van der Waals surface area contributed by atoms with Crippen molar-refractivity contribution >= 4 is 35.5 Å². The number of carboxylic acids is 1. The Bertz CT molecular complexity index is 1710. The highest BCUT2D eigenvalue weighted by molar-refractivity contribution is 5.92. The third-order valence-electron chi connectivity index (χ3n) is 8.99. The molecule has 8 N–H and O–H groups in total. The predicted molar refractivity (Wildman–Crippen MR) is 205 cm³/mol. The van der Waals surface area contributed by atoms with Crippen LogP contribution < -0.4 is 26.6 Å². The lowest BCUT2D eigenvalue weighted by Crippen LogP contribution is -2.61. The molecule has 296 valence electrons. The summed E-state index contributed by atoms with van der Waals surface area (Å²) in [6.45, 7) is 6.04. The Morgan fingerprint density at radius 3 is 1.33 bits per heavy atom. The molecule has 0 fully saturated rings. The minimum absolute atomic E-state index is 0.000553. The Morgan fingerprint density at radius 1 is 0.527 bits per heavy atom. The van der Waals surface area contributed by atoms with E-state index < -0.39 is 84.3 Å². The van der Waals surface area contributed by atoms with Crippen LogP contribution in [0, 0.1) is 5.92 Å². The second-order valence-electron chi connectivity index (χ2n) is 13.9. The molecule has 5 amide bonds. The van der Waals surface area contributed by atoms with Gasteiger partial charge in [0.2, 0.25) is 29.5 Å². The molecular weight excluding hydrogens is 706 g/mol. The van der Waals surface area contributed by atoms with Gasteiger partial charge in [0.1, 0.15) is 30.3 Å². The second-order valence-corrected chi connectivity index (χ2v) is 13.9. The highest BCUT2D eigenvalue weighted by Crippen LogP contribution is 2.17. The number of aliphatic hydroxyl groups is 2. The van der Waals surface area contributed by atoms with Crippen LogP contribution >= 0.6 is 0 Å². The number of carboxylic acid groups (broad SMARTS) is 1. The Hall–Kier alpha value is -5.60. The normalized spacial score (nSPS) is 14.9. The number of carbonyl (C=O) groups is 6. The summed E-state index contributed by atoms with van der Waals surface area (Å²) in [6.07, 6.45) is -4.04. The highest BCUT2D eigenvalue weighted by atomic mass is 16.4. The zero-order chi connectivity index (χ0) is 40.5. The molecule has 55 heavy (non-hydrogen) atoms. The predicted octanol–water partition coefficient (Wildman–Crippen LogP) is 1.42. The Labute approximate surface area is 321 Å². The molecular formula is C41H53N5O9. The molecule has 0 radical (unpaired) electrons. The van der Waals surface area contributed by atoms with Gasteiger partial charge < -0.3 is 41.9 Å². The number of carbonyl (C=O) groups excluding carboxylic acids is 5. The summed E-state index contributed by atoms with van der Waals surface area (Å²) in [6, 6.07) is 20.9. The van der Waals surface area contributed by atoms with Gasteiger partial charge in [-0.05, 0) is 41.9 Å². The summed E-state index contributed by atoms with van der Waals surface area (Å²) in [4.78, 5) is 76.7. The molecule has 0 heterocycles. The van der Waals surface area contributed by atoms with Crippen molar-refractivity contribution < 1.29 is 44.1 Å². The van der Waals surface area contributed by atoms with Crippen LogP contribution in [0.15, 0.2) is 91.0 Å². The maximum absolute atomic E-state index is 14.0. The Balaban J connectivity index is 1.95. The van der Waals surface area contributed by atoms with Crippen molar-refractivity contribution in [1.29, 1.82) is 0 Å². The van der Waals surface area contributed by atoms with Crippen LogP contribution in [-0.2, 0) is 48.0 Å². The molecule has 14 nitrogen and oxygen atoms in total. The Kier molecular flexibility index (Phi) is 17.5. The fourth-order valence-corrected chi connectivity index (χ4v) is 6.15. The van der Waals surface area contributed by atoms with Crippen LogP contribution in [0.5, 0.6) is 0 Å². The molecule has 14 heteroatoms. The van der Waals surface area contributed by atoms with Gasteiger partial charge in [-0.3, -0.25) is 28.8 Å². The molecule has 0 unspecified atom stereocenters. The van der Waals surface area contributed by atoms with Gasteiger partial charge in [-0.25, -0.2) is 0 Å². The molecule has 0 bridgehead atoms. The van der Waals surface area contributed by atoms with E-state index in [9.17, 15) is 44.1 Å². The first-order valence-electron chi connectivity index (χ1n) is 18.3. The first-order valence-corrected chi connectivity index (χ1v) is 18.3. The Morgan fingerprint density at radius 2 is 0.927 bits per heavy atom. The van der Waals surface area contributed by atoms with Crippen LogP contribution in [-0.4, -0.2) is 93.2 Å². The average molecular weight is 760 g/mol. The van der Waals surface area contributed by atoms with E-state index in [-0.39, 0.29) is 31.6 Å². The molecule has 7 atom stereocenters. The molecule has 0 saturated carbocycles. The van der Waals surface area contributed by atoms with E-state index in [2.05, 4.69) is 26.6 Å². The smallest absolute Gasteiger partial charge is 0.303 e. The number of benzene rings is 3. The number of rotatable bonds is 21.